The van der Waals surface area contributed by atoms with Crippen LogP contribution in [0.4, 0.5) is 0 Å². The van der Waals surface area contributed by atoms with Gasteiger partial charge in [-0.3, -0.25) is 4.79 Å². The normalized spacial score (nSPS) is 20.3. The summed E-state index contributed by atoms with van der Waals surface area (Å²) in [5, 5.41) is 23.6. The predicted molar refractivity (Wildman–Crippen MR) is 140 cm³/mol. The van der Waals surface area contributed by atoms with Crippen LogP contribution in [0.3, 0.4) is 0 Å². The Morgan fingerprint density at radius 3 is 2.45 bits per heavy atom. The average molecular weight is 448 g/mol. The number of aliphatic hydroxyl groups is 2. The van der Waals surface area contributed by atoms with E-state index in [0.717, 1.165) is 29.6 Å². The molecular weight excluding hydrogens is 410 g/mol. The zero-order chi connectivity index (χ0) is 24.9. The monoisotopic (exact) mass is 447 g/mol. The molecule has 1 rings (SSSR count). The number of hydrogen-bond acceptors (Lipinski definition) is 4. The highest BCUT2D eigenvalue weighted by Crippen LogP contribution is 2.42. The lowest BCUT2D eigenvalue weighted by atomic mass is 9.66. The van der Waals surface area contributed by atoms with Crippen molar-refractivity contribution in [1.82, 2.24) is 5.32 Å². The van der Waals surface area contributed by atoms with Crippen LogP contribution in [0.1, 0.15) is 40.5 Å². The molecule has 4 nitrogen and oxygen atoms in total. The van der Waals surface area contributed by atoms with E-state index in [9.17, 15) is 15.0 Å². The van der Waals surface area contributed by atoms with Gasteiger partial charge in [-0.25, -0.2) is 0 Å². The van der Waals surface area contributed by atoms with Gasteiger partial charge in [0.2, 0.25) is 0 Å². The third-order valence-corrected chi connectivity index (χ3v) is 5.48. The topological polar surface area (TPSA) is 69.6 Å². The van der Waals surface area contributed by atoms with E-state index in [1.165, 1.54) is 6.08 Å². The Morgan fingerprint density at radius 1 is 1.18 bits per heavy atom. The molecule has 0 fully saturated rings. The summed E-state index contributed by atoms with van der Waals surface area (Å²) < 4.78 is 0. The number of rotatable bonds is 12. The van der Waals surface area contributed by atoms with E-state index in [2.05, 4.69) is 31.5 Å². The molecule has 0 saturated carbocycles. The first-order valence-electron chi connectivity index (χ1n) is 11.1. The van der Waals surface area contributed by atoms with Crippen molar-refractivity contribution in [3.05, 3.63) is 120 Å². The number of carbonyl (C=O) groups excluding carboxylic acids is 1. The molecule has 0 amide bonds. The molecule has 0 aromatic carbocycles. The largest absolute Gasteiger partial charge is 0.513 e. The van der Waals surface area contributed by atoms with Gasteiger partial charge in [-0.05, 0) is 74.6 Å². The highest BCUT2D eigenvalue weighted by Gasteiger charge is 2.44. The standard InChI is InChI=1S/C29H37NO3/c1-7-13-26(14-8-2)30-29(22(5)17-20-27(33)10-4,25(9-3)19-18-23(6)32)28-16-12-11-15-24(28)21-31/h7,9-15,17-21,28,30,32-33H,3-4,8,16H2,1-2,5-6H3/b13-7-,22-17+,23-18+,25-19+,26-14+,27-20+. The van der Waals surface area contributed by atoms with Gasteiger partial charge in [-0.1, -0.05) is 68.7 Å². The van der Waals surface area contributed by atoms with Gasteiger partial charge in [0.25, 0.3) is 0 Å². The molecule has 0 aromatic rings. The van der Waals surface area contributed by atoms with Crippen molar-refractivity contribution >= 4 is 6.29 Å². The Kier molecular flexibility index (Phi) is 11.5. The molecule has 33 heavy (non-hydrogen) atoms. The van der Waals surface area contributed by atoms with E-state index in [-0.39, 0.29) is 17.4 Å². The lowest BCUT2D eigenvalue weighted by Gasteiger charge is -2.45. The second-order valence-electron chi connectivity index (χ2n) is 7.78. The number of nitrogens with one attached hydrogen (secondary N) is 1. The van der Waals surface area contributed by atoms with E-state index in [1.54, 1.807) is 25.2 Å². The number of carbonyl (C=O) groups is 1. The predicted octanol–water partition coefficient (Wildman–Crippen LogP) is 7.03. The number of allylic oxidation sites excluding steroid dienone is 12. The summed E-state index contributed by atoms with van der Waals surface area (Å²) in [7, 11) is 0. The molecule has 0 bridgehead atoms. The molecule has 1 aliphatic rings. The van der Waals surface area contributed by atoms with Crippen LogP contribution >= 0.6 is 0 Å². The molecule has 3 N–H and O–H groups in total. The third kappa shape index (κ3) is 7.25. The van der Waals surface area contributed by atoms with Crippen LogP contribution in [-0.4, -0.2) is 22.0 Å². The fourth-order valence-corrected chi connectivity index (χ4v) is 3.92. The van der Waals surface area contributed by atoms with Crippen LogP contribution in [0, 0.1) is 5.92 Å². The van der Waals surface area contributed by atoms with Crippen molar-refractivity contribution in [3.63, 3.8) is 0 Å². The first kappa shape index (κ1) is 27.5. The zero-order valence-electron chi connectivity index (χ0n) is 20.2. The summed E-state index contributed by atoms with van der Waals surface area (Å²) in [6, 6.07) is 0. The van der Waals surface area contributed by atoms with E-state index >= 15 is 0 Å². The minimum absolute atomic E-state index is 0.0333. The number of aldehydes is 1. The van der Waals surface area contributed by atoms with Gasteiger partial charge in [0, 0.05) is 11.6 Å². The maximum Gasteiger partial charge on any atom is 0.146 e. The van der Waals surface area contributed by atoms with Gasteiger partial charge in [0.05, 0.1) is 11.3 Å². The molecule has 4 heteroatoms. The Balaban J connectivity index is 4.08. The summed E-state index contributed by atoms with van der Waals surface area (Å²) >= 11 is 0. The third-order valence-electron chi connectivity index (χ3n) is 5.48. The highest BCUT2D eigenvalue weighted by molar-refractivity contribution is 5.77. The molecule has 0 aliphatic heterocycles. The van der Waals surface area contributed by atoms with E-state index in [1.807, 2.05) is 56.4 Å². The molecule has 176 valence electrons. The van der Waals surface area contributed by atoms with E-state index in [0.29, 0.717) is 12.0 Å². The first-order chi connectivity index (χ1) is 15.8. The maximum absolute atomic E-state index is 12.1. The molecule has 0 aromatic heterocycles. The quantitative estimate of drug-likeness (QED) is 0.171. The van der Waals surface area contributed by atoms with Gasteiger partial charge in [0.1, 0.15) is 12.0 Å². The molecule has 0 saturated heterocycles. The summed E-state index contributed by atoms with van der Waals surface area (Å²) in [5.74, 6) is -0.0785. The van der Waals surface area contributed by atoms with Crippen LogP contribution in [0.25, 0.3) is 0 Å². The fourth-order valence-electron chi connectivity index (χ4n) is 3.92. The van der Waals surface area contributed by atoms with Crippen molar-refractivity contribution in [3.8, 4) is 0 Å². The van der Waals surface area contributed by atoms with Crippen LogP contribution in [0.5, 0.6) is 0 Å². The summed E-state index contributed by atoms with van der Waals surface area (Å²) in [6.45, 7) is 15.2. The summed E-state index contributed by atoms with van der Waals surface area (Å²) in [4.78, 5) is 12.1. The second kappa shape index (κ2) is 13.8. The fraction of sp³-hybridized carbons (Fsp3) is 0.276. The Bertz CT molecular complexity index is 963. The second-order valence-corrected chi connectivity index (χ2v) is 7.78. The lowest BCUT2D eigenvalue weighted by Crippen LogP contribution is -2.54. The van der Waals surface area contributed by atoms with Crippen molar-refractivity contribution < 1.29 is 15.0 Å². The van der Waals surface area contributed by atoms with Crippen LogP contribution < -0.4 is 5.32 Å². The SMILES string of the molecule is C=C/C(O)=C\C=C(/C)C(NC(/C=C\C)=C/CC)(/C(C=C)=C/C=C(\C)O)C1CC=CC=C1C=O. The minimum atomic E-state index is -0.899. The van der Waals surface area contributed by atoms with Crippen LogP contribution in [0.2, 0.25) is 0 Å². The summed E-state index contributed by atoms with van der Waals surface area (Å²) in [6.07, 6.45) is 24.0. The minimum Gasteiger partial charge on any atom is -0.513 e. The summed E-state index contributed by atoms with van der Waals surface area (Å²) in [5.41, 5.74) is 2.26. The molecule has 0 radical (unpaired) electrons. The van der Waals surface area contributed by atoms with Crippen molar-refractivity contribution in [2.75, 3.05) is 0 Å². The Hall–Kier alpha value is -3.53. The van der Waals surface area contributed by atoms with Crippen molar-refractivity contribution in [1.29, 1.82) is 0 Å². The Labute approximate surface area is 198 Å². The van der Waals surface area contributed by atoms with Gasteiger partial charge in [-0.15, -0.1) is 0 Å². The lowest BCUT2D eigenvalue weighted by molar-refractivity contribution is -0.105. The van der Waals surface area contributed by atoms with Crippen molar-refractivity contribution in [2.24, 2.45) is 5.92 Å². The van der Waals surface area contributed by atoms with E-state index in [4.69, 9.17) is 0 Å². The molecule has 0 spiro atoms. The molecule has 1 aliphatic carbocycles. The van der Waals surface area contributed by atoms with E-state index < -0.39 is 5.54 Å². The number of hydrogen-bond donors (Lipinski definition) is 3. The molecule has 2 atom stereocenters. The molecular formula is C29H37NO3. The highest BCUT2D eigenvalue weighted by atomic mass is 16.3. The number of aliphatic hydroxyl groups excluding tert-OH is 2. The van der Waals surface area contributed by atoms with Crippen LogP contribution in [0.15, 0.2) is 120 Å². The molecule has 0 heterocycles. The van der Waals surface area contributed by atoms with Crippen LogP contribution in [-0.2, 0) is 4.79 Å². The first-order valence-corrected chi connectivity index (χ1v) is 11.1. The van der Waals surface area contributed by atoms with Crippen molar-refractivity contribution in [2.45, 2.75) is 46.1 Å². The maximum atomic E-state index is 12.1. The smallest absolute Gasteiger partial charge is 0.146 e. The average Bonchev–Trinajstić information content (AvgIpc) is 2.81. The zero-order valence-corrected chi connectivity index (χ0v) is 20.2. The van der Waals surface area contributed by atoms with Gasteiger partial charge in [0.15, 0.2) is 0 Å². The molecule has 2 unspecified atom stereocenters. The Morgan fingerprint density at radius 2 is 1.91 bits per heavy atom. The van der Waals surface area contributed by atoms with Gasteiger partial charge >= 0.3 is 0 Å². The van der Waals surface area contributed by atoms with Gasteiger partial charge in [-0.2, -0.15) is 0 Å². The van der Waals surface area contributed by atoms with Gasteiger partial charge < -0.3 is 15.5 Å².